The first-order chi connectivity index (χ1) is 4.03. The van der Waals surface area contributed by atoms with Gasteiger partial charge < -0.3 is 0 Å². The maximum absolute atomic E-state index is 2.55. The van der Waals surface area contributed by atoms with Crippen molar-refractivity contribution in [3.63, 3.8) is 0 Å². The van der Waals surface area contributed by atoms with Crippen LogP contribution in [-0.4, -0.2) is 16.9 Å². The molecule has 0 N–H and O–H groups in total. The minimum Gasteiger partial charge on any atom is -0.0696 e. The van der Waals surface area contributed by atoms with Crippen molar-refractivity contribution in [1.29, 1.82) is 0 Å². The summed E-state index contributed by atoms with van der Waals surface area (Å²) < 4.78 is 0. The van der Waals surface area contributed by atoms with Gasteiger partial charge in [0.15, 0.2) is 0 Å². The van der Waals surface area contributed by atoms with Crippen LogP contribution >= 0.6 is 0 Å². The van der Waals surface area contributed by atoms with E-state index in [-0.39, 0.29) is 8.80 Å². The van der Waals surface area contributed by atoms with Gasteiger partial charge in [-0.15, -0.1) is 0 Å². The molecule has 2 heteroatoms. The lowest BCUT2D eigenvalue weighted by Crippen LogP contribution is -2.25. The Morgan fingerprint density at radius 1 is 1.22 bits per heavy atom. The zero-order valence-electron chi connectivity index (χ0n) is 6.81. The number of fused-ring (bicyclic) bond motifs is 1. The van der Waals surface area contributed by atoms with E-state index in [1.807, 2.05) is 0 Å². The number of hydrogen-bond donors (Lipinski definition) is 0. The van der Waals surface area contributed by atoms with E-state index in [4.69, 9.17) is 0 Å². The molecule has 0 nitrogen and oxygen atoms in total. The Kier molecular flexibility index (Phi) is 0.939. The van der Waals surface area contributed by atoms with Crippen molar-refractivity contribution < 1.29 is 0 Å². The maximum atomic E-state index is 2.55. The zero-order chi connectivity index (χ0) is 6.81. The van der Waals surface area contributed by atoms with Crippen LogP contribution in [0.5, 0.6) is 0 Å². The molecule has 2 aliphatic heterocycles. The van der Waals surface area contributed by atoms with Gasteiger partial charge in [0, 0.05) is 16.9 Å². The topological polar surface area (TPSA) is 0 Å². The van der Waals surface area contributed by atoms with Gasteiger partial charge in [0.1, 0.15) is 0 Å². The molecule has 2 heterocycles. The molecule has 3 unspecified atom stereocenters. The van der Waals surface area contributed by atoms with Crippen molar-refractivity contribution in [2.75, 3.05) is 0 Å². The highest BCUT2D eigenvalue weighted by molar-refractivity contribution is 7.06. The predicted molar refractivity (Wildman–Crippen MR) is 47.4 cm³/mol. The molecule has 9 heavy (non-hydrogen) atoms. The molecule has 2 saturated heterocycles. The first-order valence-electron chi connectivity index (χ1n) is 4.03. The summed E-state index contributed by atoms with van der Waals surface area (Å²) in [6, 6.07) is 0. The van der Waals surface area contributed by atoms with E-state index in [9.17, 15) is 0 Å². The van der Waals surface area contributed by atoms with Crippen LogP contribution in [0.1, 0.15) is 6.92 Å². The van der Waals surface area contributed by atoms with Crippen molar-refractivity contribution in [2.45, 2.75) is 42.8 Å². The van der Waals surface area contributed by atoms with Gasteiger partial charge in [0.05, 0.1) is 0 Å². The molecule has 0 radical (unpaired) electrons. The molecule has 2 aliphatic rings. The summed E-state index contributed by atoms with van der Waals surface area (Å²) in [7, 11) is -0.611. The zero-order valence-corrected chi connectivity index (χ0v) is 8.96. The van der Waals surface area contributed by atoms with Crippen LogP contribution in [0.3, 0.4) is 0 Å². The quantitative estimate of drug-likeness (QED) is 0.511. The summed E-state index contributed by atoms with van der Waals surface area (Å²) in [5, 5.41) is 1.37. The molecule has 52 valence electrons. The van der Waals surface area contributed by atoms with Gasteiger partial charge in [0.2, 0.25) is 0 Å². The van der Waals surface area contributed by atoms with E-state index in [0.29, 0.717) is 0 Å². The predicted octanol–water partition coefficient (Wildman–Crippen LogP) is 2.25. The highest BCUT2D eigenvalue weighted by atomic mass is 28.4. The van der Waals surface area contributed by atoms with Crippen LogP contribution < -0.4 is 0 Å². The number of rotatable bonds is 1. The smallest absolute Gasteiger partial charge is 0.0444 e. The average Bonchev–Trinajstić information content (AvgIpc) is 2.42. The lowest BCUT2D eigenvalue weighted by atomic mass is 10.4. The third-order valence-electron chi connectivity index (χ3n) is 3.21. The molecule has 2 fully saturated rings. The first kappa shape index (κ1) is 6.16. The van der Waals surface area contributed by atoms with E-state index in [1.165, 1.54) is 16.2 Å². The normalized spacial score (nSPS) is 54.7. The van der Waals surface area contributed by atoms with Gasteiger partial charge in [-0.25, -0.2) is 0 Å². The third-order valence-corrected chi connectivity index (χ3v) is 14.0. The second-order valence-corrected chi connectivity index (χ2v) is 14.7. The molecule has 0 bridgehead atoms. The summed E-state index contributed by atoms with van der Waals surface area (Å²) in [4.78, 5) is 0. The van der Waals surface area contributed by atoms with Crippen LogP contribution in [0.4, 0.5) is 0 Å². The highest BCUT2D eigenvalue weighted by Crippen LogP contribution is 2.80. The highest BCUT2D eigenvalue weighted by Gasteiger charge is 2.74. The fourth-order valence-corrected chi connectivity index (χ4v) is 15.9. The second kappa shape index (κ2) is 1.37. The third kappa shape index (κ3) is 0.694. The van der Waals surface area contributed by atoms with Crippen molar-refractivity contribution in [3.05, 3.63) is 0 Å². The Morgan fingerprint density at radius 3 is 1.78 bits per heavy atom. The Balaban J connectivity index is 1.95. The van der Waals surface area contributed by atoms with E-state index >= 15 is 0 Å². The van der Waals surface area contributed by atoms with Crippen LogP contribution in [0.15, 0.2) is 0 Å². The van der Waals surface area contributed by atoms with Gasteiger partial charge >= 0.3 is 0 Å². The summed E-state index contributed by atoms with van der Waals surface area (Å²) in [5.41, 5.74) is 2.61. The van der Waals surface area contributed by atoms with E-state index in [0.717, 1.165) is 0 Å². The van der Waals surface area contributed by atoms with E-state index < -0.39 is 8.07 Å². The van der Waals surface area contributed by atoms with Crippen molar-refractivity contribution in [2.24, 2.45) is 0 Å². The van der Waals surface area contributed by atoms with E-state index in [2.05, 4.69) is 26.6 Å². The maximum Gasteiger partial charge on any atom is 0.0444 e. The molecule has 0 spiro atoms. The molecule has 4 atom stereocenters. The molecule has 0 saturated carbocycles. The fraction of sp³-hybridized carbons (Fsp3) is 1.00. The minimum absolute atomic E-state index is 0.00540. The van der Waals surface area contributed by atoms with Gasteiger partial charge in [-0.1, -0.05) is 37.3 Å². The van der Waals surface area contributed by atoms with Crippen LogP contribution in [0, 0.1) is 0 Å². The molecule has 0 amide bonds. The van der Waals surface area contributed by atoms with Gasteiger partial charge in [-0.2, -0.15) is 0 Å². The Morgan fingerprint density at radius 2 is 1.67 bits per heavy atom. The van der Waals surface area contributed by atoms with Gasteiger partial charge in [-0.05, 0) is 5.54 Å². The Bertz CT molecular complexity index is 137. The molecular weight excluding hydrogens is 140 g/mol. The standard InChI is InChI=1S/C7H16Si2/c1-5-6-7(8(5)6)9(2,3)4/h5-8H,1-4H3/t5?,6?,7?,8-/m0/s1. The van der Waals surface area contributed by atoms with Crippen LogP contribution in [0.2, 0.25) is 35.9 Å². The molecule has 0 aromatic carbocycles. The average molecular weight is 156 g/mol. The molecule has 0 aromatic rings. The lowest BCUT2D eigenvalue weighted by molar-refractivity contribution is 0.954. The SMILES string of the molecule is CC1C2C([Si](C)(C)C)[Si@@H]12. The van der Waals surface area contributed by atoms with Gasteiger partial charge in [-0.3, -0.25) is 0 Å². The van der Waals surface area contributed by atoms with Crippen LogP contribution in [0.25, 0.3) is 0 Å². The first-order valence-corrected chi connectivity index (χ1v) is 9.61. The van der Waals surface area contributed by atoms with Crippen molar-refractivity contribution in [1.82, 2.24) is 0 Å². The summed E-state index contributed by atoms with van der Waals surface area (Å²) in [6.07, 6.45) is 0. The lowest BCUT2D eigenvalue weighted by Gasteiger charge is -2.21. The van der Waals surface area contributed by atoms with Gasteiger partial charge in [0.25, 0.3) is 0 Å². The second-order valence-electron chi connectivity index (χ2n) is 4.91. The monoisotopic (exact) mass is 156 g/mol. The largest absolute Gasteiger partial charge is 0.0696 e. The Hall–Kier alpha value is 0.434. The molecule has 0 aliphatic carbocycles. The molecule has 2 rings (SSSR count). The van der Waals surface area contributed by atoms with E-state index in [1.54, 1.807) is 0 Å². The van der Waals surface area contributed by atoms with Crippen molar-refractivity contribution >= 4 is 16.9 Å². The Labute approximate surface area is 60.3 Å². The summed E-state index contributed by atoms with van der Waals surface area (Å²) in [5.74, 6) is 0. The summed E-state index contributed by atoms with van der Waals surface area (Å²) in [6.45, 7) is 10.1. The van der Waals surface area contributed by atoms with Crippen molar-refractivity contribution in [3.8, 4) is 0 Å². The number of hydrogen-bond acceptors (Lipinski definition) is 0. The minimum atomic E-state index is -0.617. The fourth-order valence-electron chi connectivity index (χ4n) is 2.55. The summed E-state index contributed by atoms with van der Waals surface area (Å²) >= 11 is 0. The molecule has 0 aromatic heterocycles. The molecular formula is C7H16Si2. The van der Waals surface area contributed by atoms with Crippen LogP contribution in [-0.2, 0) is 0 Å².